The molecular weight excluding hydrogens is 602 g/mol. The number of esters is 1. The average Bonchev–Trinajstić information content (AvgIpc) is 3.19. The summed E-state index contributed by atoms with van der Waals surface area (Å²) >= 11 is 12.7. The number of carboxylic acid groups (broad SMARTS) is 1. The van der Waals surface area contributed by atoms with Crippen molar-refractivity contribution in [3.63, 3.8) is 0 Å². The highest BCUT2D eigenvalue weighted by Crippen LogP contribution is 2.60. The van der Waals surface area contributed by atoms with E-state index in [9.17, 15) is 28.7 Å². The van der Waals surface area contributed by atoms with E-state index in [1.807, 2.05) is 0 Å². The van der Waals surface area contributed by atoms with Gasteiger partial charge in [-0.15, -0.1) is 0 Å². The second-order valence-electron chi connectivity index (χ2n) is 11.0. The van der Waals surface area contributed by atoms with E-state index in [1.54, 1.807) is 6.92 Å². The molecule has 0 bridgehead atoms. The van der Waals surface area contributed by atoms with E-state index in [2.05, 4.69) is 5.32 Å². The summed E-state index contributed by atoms with van der Waals surface area (Å²) in [6, 6.07) is 11.7. The molecule has 12 heteroatoms. The van der Waals surface area contributed by atoms with Crippen LogP contribution in [0.4, 0.5) is 14.9 Å². The highest BCUT2D eigenvalue weighted by Gasteiger charge is 2.65. The van der Waals surface area contributed by atoms with Crippen LogP contribution in [-0.2, 0) is 24.5 Å². The lowest BCUT2D eigenvalue weighted by Crippen LogP contribution is -2.59. The summed E-state index contributed by atoms with van der Waals surface area (Å²) in [6.45, 7) is 4.68. The first-order chi connectivity index (χ1) is 20.2. The van der Waals surface area contributed by atoms with E-state index in [4.69, 9.17) is 32.7 Å². The molecule has 2 heterocycles. The second-order valence-corrected chi connectivity index (χ2v) is 11.9. The second kappa shape index (κ2) is 10.8. The Morgan fingerprint density at radius 1 is 1.05 bits per heavy atom. The summed E-state index contributed by atoms with van der Waals surface area (Å²) in [5, 5.41) is 13.5. The summed E-state index contributed by atoms with van der Waals surface area (Å²) in [4.78, 5) is 54.0. The highest BCUT2D eigenvalue weighted by molar-refractivity contribution is 6.32. The lowest BCUT2D eigenvalue weighted by molar-refractivity contribution is -0.156. The molecular formula is C31H27Cl2FN2O7. The third-order valence-corrected chi connectivity index (χ3v) is 8.51. The number of carbonyl (C=O) groups is 4. The molecule has 0 radical (unpaired) electrons. The Morgan fingerprint density at radius 3 is 2.40 bits per heavy atom. The van der Waals surface area contributed by atoms with Crippen molar-refractivity contribution in [2.24, 2.45) is 0 Å². The zero-order chi connectivity index (χ0) is 31.4. The number of fused-ring (bicyclic) bond motifs is 2. The molecule has 5 rings (SSSR count). The third kappa shape index (κ3) is 4.88. The van der Waals surface area contributed by atoms with Gasteiger partial charge in [0.05, 0.1) is 18.8 Å². The van der Waals surface area contributed by atoms with E-state index < -0.39 is 52.7 Å². The zero-order valence-electron chi connectivity index (χ0n) is 23.5. The lowest BCUT2D eigenvalue weighted by atomic mass is 9.58. The molecule has 0 unspecified atom stereocenters. The number of piperidine rings is 1. The van der Waals surface area contributed by atoms with Crippen molar-refractivity contribution in [3.05, 3.63) is 92.7 Å². The fourth-order valence-corrected chi connectivity index (χ4v) is 6.53. The van der Waals surface area contributed by atoms with Gasteiger partial charge >= 0.3 is 12.1 Å². The molecule has 2 aliphatic heterocycles. The van der Waals surface area contributed by atoms with Crippen LogP contribution in [0.2, 0.25) is 10.0 Å². The number of rotatable bonds is 5. The number of aryl methyl sites for hydroxylation is 1. The summed E-state index contributed by atoms with van der Waals surface area (Å²) in [7, 11) is 1.21. The van der Waals surface area contributed by atoms with Gasteiger partial charge in [-0.1, -0.05) is 35.3 Å². The van der Waals surface area contributed by atoms with E-state index in [1.165, 1.54) is 75.6 Å². The molecule has 0 aromatic heterocycles. The normalized spacial score (nSPS) is 21.4. The molecule has 3 amide bonds. The molecule has 1 fully saturated rings. The van der Waals surface area contributed by atoms with Crippen LogP contribution in [0, 0.1) is 12.7 Å². The van der Waals surface area contributed by atoms with Crippen LogP contribution >= 0.6 is 23.2 Å². The average molecular weight is 629 g/mol. The number of nitrogens with zero attached hydrogens (tertiary/aromatic N) is 1. The van der Waals surface area contributed by atoms with Gasteiger partial charge in [0.2, 0.25) is 11.8 Å². The number of halogens is 3. The molecule has 3 aromatic rings. The standard InChI is InChI=1S/C31H27Cl2FN2O7/c1-15-5-8-18(34)13-19(15)26-31(21-9-6-17(33)12-23(21)36(27(31)38)29(40)41)22(14-25(37)35-26)20-11-16(32)7-10-24(20)43-30(2,3)28(39)42-4/h5-13,22,26H,14H2,1-4H3,(H,35,37)(H,40,41)/t22-,26+,31-/m1/s1. The van der Waals surface area contributed by atoms with Crippen molar-refractivity contribution in [1.29, 1.82) is 0 Å². The van der Waals surface area contributed by atoms with Crippen LogP contribution in [0.1, 0.15) is 54.5 Å². The van der Waals surface area contributed by atoms with Crippen molar-refractivity contribution in [2.45, 2.75) is 50.2 Å². The number of nitrogens with one attached hydrogen (secondary N) is 1. The van der Waals surface area contributed by atoms with Crippen LogP contribution in [0.5, 0.6) is 5.75 Å². The van der Waals surface area contributed by atoms with Gasteiger partial charge in [-0.25, -0.2) is 18.9 Å². The largest absolute Gasteiger partial charge is 0.476 e. The van der Waals surface area contributed by atoms with Gasteiger partial charge in [-0.2, -0.15) is 0 Å². The number of anilines is 1. The number of ether oxygens (including phenoxy) is 2. The van der Waals surface area contributed by atoms with Gasteiger partial charge in [0.15, 0.2) is 5.60 Å². The van der Waals surface area contributed by atoms with Crippen molar-refractivity contribution < 1.29 is 38.1 Å². The van der Waals surface area contributed by atoms with Gasteiger partial charge < -0.3 is 19.9 Å². The minimum absolute atomic E-state index is 0.00425. The number of methoxy groups -OCH3 is 1. The molecule has 0 aliphatic carbocycles. The SMILES string of the molecule is COC(=O)C(C)(C)Oc1ccc(Cl)cc1[C@H]1CC(=O)N[C@@H](c2cc(F)ccc2C)[C@]12C(=O)N(C(=O)O)c1cc(Cl)ccc12. The summed E-state index contributed by atoms with van der Waals surface area (Å²) < 4.78 is 25.8. The Morgan fingerprint density at radius 2 is 1.72 bits per heavy atom. The number of imide groups is 1. The van der Waals surface area contributed by atoms with Gasteiger partial charge in [-0.05, 0) is 79.9 Å². The number of benzene rings is 3. The summed E-state index contributed by atoms with van der Waals surface area (Å²) in [6.07, 6.45) is -1.87. The number of amides is 3. The molecule has 0 saturated carbocycles. The van der Waals surface area contributed by atoms with Gasteiger partial charge in [-0.3, -0.25) is 9.59 Å². The quantitative estimate of drug-likeness (QED) is 0.328. The molecule has 43 heavy (non-hydrogen) atoms. The third-order valence-electron chi connectivity index (χ3n) is 8.04. The molecule has 1 saturated heterocycles. The topological polar surface area (TPSA) is 122 Å². The highest BCUT2D eigenvalue weighted by atomic mass is 35.5. The molecule has 2 aliphatic rings. The Labute approximate surface area is 256 Å². The lowest BCUT2D eigenvalue weighted by Gasteiger charge is -2.47. The van der Waals surface area contributed by atoms with E-state index in [0.717, 1.165) is 0 Å². The summed E-state index contributed by atoms with van der Waals surface area (Å²) in [5.74, 6) is -3.66. The smallest absolute Gasteiger partial charge is 0.418 e. The monoisotopic (exact) mass is 628 g/mol. The van der Waals surface area contributed by atoms with Gasteiger partial charge in [0.1, 0.15) is 17.0 Å². The maximum Gasteiger partial charge on any atom is 0.418 e. The summed E-state index contributed by atoms with van der Waals surface area (Å²) in [5.41, 5.74) is -2.00. The van der Waals surface area contributed by atoms with Crippen molar-refractivity contribution in [3.8, 4) is 5.75 Å². The first kappa shape index (κ1) is 30.3. The molecule has 224 valence electrons. The number of carbonyl (C=O) groups excluding carboxylic acids is 3. The first-order valence-electron chi connectivity index (χ1n) is 13.2. The Bertz CT molecular complexity index is 1690. The van der Waals surface area contributed by atoms with Crippen molar-refractivity contribution in [2.75, 3.05) is 12.0 Å². The zero-order valence-corrected chi connectivity index (χ0v) is 25.0. The fourth-order valence-electron chi connectivity index (χ4n) is 6.18. The van der Waals surface area contributed by atoms with Crippen LogP contribution in [0.25, 0.3) is 0 Å². The van der Waals surface area contributed by atoms with Crippen LogP contribution in [0.15, 0.2) is 54.6 Å². The predicted octanol–water partition coefficient (Wildman–Crippen LogP) is 6.08. The Hall–Kier alpha value is -4.15. The van der Waals surface area contributed by atoms with Crippen molar-refractivity contribution >= 4 is 52.8 Å². The molecule has 9 nitrogen and oxygen atoms in total. The van der Waals surface area contributed by atoms with Gasteiger partial charge in [0.25, 0.3) is 0 Å². The number of hydrogen-bond donors (Lipinski definition) is 2. The van der Waals surface area contributed by atoms with E-state index in [-0.39, 0.29) is 44.6 Å². The maximum absolute atomic E-state index is 14.8. The molecule has 2 N–H and O–H groups in total. The van der Waals surface area contributed by atoms with Crippen molar-refractivity contribution in [1.82, 2.24) is 5.32 Å². The number of hydrogen-bond acceptors (Lipinski definition) is 6. The minimum atomic E-state index is -1.84. The van der Waals surface area contributed by atoms with Crippen LogP contribution in [0.3, 0.4) is 0 Å². The molecule has 1 spiro atoms. The van der Waals surface area contributed by atoms with E-state index in [0.29, 0.717) is 10.5 Å². The fraction of sp³-hybridized carbons (Fsp3) is 0.290. The first-order valence-corrected chi connectivity index (χ1v) is 14.0. The van der Waals surface area contributed by atoms with E-state index >= 15 is 0 Å². The van der Waals surface area contributed by atoms with Gasteiger partial charge in [0, 0.05) is 27.9 Å². The molecule has 3 atom stereocenters. The minimum Gasteiger partial charge on any atom is -0.476 e. The Balaban J connectivity index is 1.87. The Kier molecular flexibility index (Phi) is 7.64. The molecule has 3 aromatic carbocycles. The maximum atomic E-state index is 14.8. The van der Waals surface area contributed by atoms with Crippen LogP contribution < -0.4 is 15.0 Å². The predicted molar refractivity (Wildman–Crippen MR) is 156 cm³/mol. The van der Waals surface area contributed by atoms with Crippen LogP contribution in [-0.4, -0.2) is 41.7 Å².